The zero-order valence-corrected chi connectivity index (χ0v) is 17.2. The van der Waals surface area contributed by atoms with Gasteiger partial charge in [0.25, 0.3) is 5.56 Å². The number of carbonyl (C=O) groups excluding carboxylic acids is 1. The number of hydrogen-bond acceptors (Lipinski definition) is 6. The van der Waals surface area contributed by atoms with Crippen LogP contribution in [0, 0.1) is 0 Å². The quantitative estimate of drug-likeness (QED) is 0.604. The summed E-state index contributed by atoms with van der Waals surface area (Å²) >= 11 is 7.30. The topological polar surface area (TPSA) is 73.6 Å². The van der Waals surface area contributed by atoms with E-state index in [4.69, 9.17) is 16.3 Å². The number of nitrogens with zero attached hydrogens (tertiary/aromatic N) is 3. The van der Waals surface area contributed by atoms with E-state index in [9.17, 15) is 9.59 Å². The van der Waals surface area contributed by atoms with Gasteiger partial charge in [-0.1, -0.05) is 41.1 Å². The lowest BCUT2D eigenvalue weighted by molar-refractivity contribution is -0.136. The smallest absolute Gasteiger partial charge is 0.338 e. The van der Waals surface area contributed by atoms with Crippen LogP contribution in [0.3, 0.4) is 0 Å². The van der Waals surface area contributed by atoms with Crippen LogP contribution in [0.1, 0.15) is 24.1 Å². The highest BCUT2D eigenvalue weighted by molar-refractivity contribution is 7.07. The minimum absolute atomic E-state index is 0.230. The lowest BCUT2D eigenvalue weighted by Crippen LogP contribution is -2.39. The molecular formula is C21H16ClN3O3S. The van der Waals surface area contributed by atoms with Crippen molar-refractivity contribution in [2.75, 3.05) is 7.11 Å². The molecule has 4 rings (SSSR count). The van der Waals surface area contributed by atoms with Crippen LogP contribution in [-0.2, 0) is 9.53 Å². The number of pyridine rings is 1. The van der Waals surface area contributed by atoms with E-state index in [0.717, 1.165) is 11.1 Å². The SMILES string of the molecule is COC(=O)C1=C(C)N=c2s/c(=C\c3cccnc3)c(=O)n2[C@H]1c1ccc(Cl)cc1. The number of ether oxygens (including phenoxy) is 1. The minimum Gasteiger partial charge on any atom is -0.466 e. The Morgan fingerprint density at radius 3 is 2.69 bits per heavy atom. The van der Waals surface area contributed by atoms with Gasteiger partial charge in [0.2, 0.25) is 0 Å². The number of carbonyl (C=O) groups is 1. The van der Waals surface area contributed by atoms with Gasteiger partial charge in [0.15, 0.2) is 4.80 Å². The first kappa shape index (κ1) is 19.3. The van der Waals surface area contributed by atoms with Gasteiger partial charge in [-0.3, -0.25) is 14.3 Å². The van der Waals surface area contributed by atoms with E-state index < -0.39 is 12.0 Å². The second-order valence-electron chi connectivity index (χ2n) is 6.41. The van der Waals surface area contributed by atoms with E-state index in [0.29, 0.717) is 25.6 Å². The van der Waals surface area contributed by atoms with E-state index in [1.54, 1.807) is 55.7 Å². The summed E-state index contributed by atoms with van der Waals surface area (Å²) in [6.07, 6.45) is 5.12. The maximum atomic E-state index is 13.3. The summed E-state index contributed by atoms with van der Waals surface area (Å²) < 4.78 is 7.03. The molecule has 0 saturated heterocycles. The van der Waals surface area contributed by atoms with Gasteiger partial charge in [-0.15, -0.1) is 0 Å². The maximum absolute atomic E-state index is 13.3. The maximum Gasteiger partial charge on any atom is 0.338 e. The summed E-state index contributed by atoms with van der Waals surface area (Å²) in [6.45, 7) is 1.74. The third-order valence-electron chi connectivity index (χ3n) is 4.59. The Morgan fingerprint density at radius 2 is 2.03 bits per heavy atom. The van der Waals surface area contributed by atoms with E-state index in [1.807, 2.05) is 6.07 Å². The Bertz CT molecular complexity index is 1290. The standard InChI is InChI=1S/C21H16ClN3O3S/c1-12-17(20(27)28-2)18(14-5-7-15(22)8-6-14)25-19(26)16(29-21(25)24-12)10-13-4-3-9-23-11-13/h3-11,18H,1-2H3/b16-10-/t18-/m0/s1. The lowest BCUT2D eigenvalue weighted by atomic mass is 9.96. The molecule has 1 atom stereocenters. The zero-order chi connectivity index (χ0) is 20.5. The summed E-state index contributed by atoms with van der Waals surface area (Å²) in [5.41, 5.74) is 2.18. The van der Waals surface area contributed by atoms with E-state index >= 15 is 0 Å². The summed E-state index contributed by atoms with van der Waals surface area (Å²) in [7, 11) is 1.31. The molecule has 0 saturated carbocycles. The number of hydrogen-bond donors (Lipinski definition) is 0. The molecule has 0 radical (unpaired) electrons. The van der Waals surface area contributed by atoms with Crippen molar-refractivity contribution < 1.29 is 9.53 Å². The largest absolute Gasteiger partial charge is 0.466 e. The molecular weight excluding hydrogens is 410 g/mol. The van der Waals surface area contributed by atoms with Crippen molar-refractivity contribution in [3.63, 3.8) is 0 Å². The summed E-state index contributed by atoms with van der Waals surface area (Å²) in [5.74, 6) is -0.521. The van der Waals surface area contributed by atoms with Crippen LogP contribution >= 0.6 is 22.9 Å². The Labute approximate surface area is 175 Å². The van der Waals surface area contributed by atoms with E-state index in [1.165, 1.54) is 23.0 Å². The molecule has 8 heteroatoms. The van der Waals surface area contributed by atoms with Crippen molar-refractivity contribution in [3.8, 4) is 0 Å². The van der Waals surface area contributed by atoms with Crippen LogP contribution in [0.25, 0.3) is 6.08 Å². The molecule has 0 spiro atoms. The Hall–Kier alpha value is -3.03. The molecule has 2 aromatic heterocycles. The van der Waals surface area contributed by atoms with Crippen LogP contribution in [0.4, 0.5) is 0 Å². The van der Waals surface area contributed by atoms with Crippen molar-refractivity contribution in [1.82, 2.24) is 9.55 Å². The molecule has 3 aromatic rings. The van der Waals surface area contributed by atoms with Crippen molar-refractivity contribution in [2.24, 2.45) is 4.99 Å². The van der Waals surface area contributed by atoms with Crippen LogP contribution in [0.2, 0.25) is 5.02 Å². The van der Waals surface area contributed by atoms with Gasteiger partial charge in [0.1, 0.15) is 0 Å². The van der Waals surface area contributed by atoms with E-state index in [-0.39, 0.29) is 5.56 Å². The van der Waals surface area contributed by atoms with Crippen LogP contribution in [0.15, 0.2) is 69.8 Å². The van der Waals surface area contributed by atoms with Crippen molar-refractivity contribution in [1.29, 1.82) is 0 Å². The molecule has 0 aliphatic carbocycles. The third-order valence-corrected chi connectivity index (χ3v) is 5.83. The van der Waals surface area contributed by atoms with Crippen LogP contribution in [-0.4, -0.2) is 22.6 Å². The van der Waals surface area contributed by atoms with Crippen molar-refractivity contribution in [2.45, 2.75) is 13.0 Å². The number of esters is 1. The summed E-state index contributed by atoms with van der Waals surface area (Å²) in [6, 6.07) is 10.1. The van der Waals surface area contributed by atoms with Crippen molar-refractivity contribution >= 4 is 35.0 Å². The highest BCUT2D eigenvalue weighted by Gasteiger charge is 2.32. The number of thiazole rings is 1. The molecule has 1 aliphatic heterocycles. The molecule has 0 fully saturated rings. The number of fused-ring (bicyclic) bond motifs is 1. The van der Waals surface area contributed by atoms with Gasteiger partial charge in [-0.25, -0.2) is 9.79 Å². The number of methoxy groups -OCH3 is 1. The molecule has 0 bridgehead atoms. The Kier molecular flexibility index (Phi) is 5.17. The van der Waals surface area contributed by atoms with Crippen LogP contribution in [0.5, 0.6) is 0 Å². The fourth-order valence-electron chi connectivity index (χ4n) is 3.27. The van der Waals surface area contributed by atoms with Gasteiger partial charge in [0.05, 0.1) is 29.0 Å². The number of halogens is 1. The fraction of sp³-hybridized carbons (Fsp3) is 0.143. The molecule has 29 heavy (non-hydrogen) atoms. The lowest BCUT2D eigenvalue weighted by Gasteiger charge is -2.24. The predicted molar refractivity (Wildman–Crippen MR) is 111 cm³/mol. The average molecular weight is 426 g/mol. The molecule has 1 aromatic carbocycles. The molecule has 0 unspecified atom stereocenters. The fourth-order valence-corrected chi connectivity index (χ4v) is 4.44. The number of allylic oxidation sites excluding steroid dienone is 1. The first-order valence-electron chi connectivity index (χ1n) is 8.76. The zero-order valence-electron chi connectivity index (χ0n) is 15.6. The summed E-state index contributed by atoms with van der Waals surface area (Å²) in [4.78, 5) is 35.0. The Balaban J connectivity index is 1.99. The molecule has 146 valence electrons. The second-order valence-corrected chi connectivity index (χ2v) is 7.86. The highest BCUT2D eigenvalue weighted by atomic mass is 35.5. The average Bonchev–Trinajstić information content (AvgIpc) is 3.02. The summed E-state index contributed by atoms with van der Waals surface area (Å²) in [5, 5.41) is 0.568. The number of benzene rings is 1. The van der Waals surface area contributed by atoms with Crippen LogP contribution < -0.4 is 14.9 Å². The molecule has 3 heterocycles. The van der Waals surface area contributed by atoms with Gasteiger partial charge < -0.3 is 4.74 Å². The van der Waals surface area contributed by atoms with E-state index in [2.05, 4.69) is 9.98 Å². The van der Waals surface area contributed by atoms with Gasteiger partial charge in [-0.2, -0.15) is 0 Å². The molecule has 1 aliphatic rings. The molecule has 6 nitrogen and oxygen atoms in total. The van der Waals surface area contributed by atoms with Gasteiger partial charge in [-0.05, 0) is 42.3 Å². The van der Waals surface area contributed by atoms with Gasteiger partial charge in [0, 0.05) is 17.4 Å². The van der Waals surface area contributed by atoms with Gasteiger partial charge >= 0.3 is 5.97 Å². The molecule has 0 N–H and O–H groups in total. The first-order chi connectivity index (χ1) is 14.0. The normalized spacial score (nSPS) is 16.4. The number of rotatable bonds is 3. The predicted octanol–water partition coefficient (Wildman–Crippen LogP) is 2.46. The highest BCUT2D eigenvalue weighted by Crippen LogP contribution is 2.31. The molecule has 0 amide bonds. The second kappa shape index (κ2) is 7.77. The Morgan fingerprint density at radius 1 is 1.28 bits per heavy atom. The minimum atomic E-state index is -0.646. The third kappa shape index (κ3) is 3.54. The van der Waals surface area contributed by atoms with Crippen molar-refractivity contribution in [3.05, 3.63) is 95.9 Å². The first-order valence-corrected chi connectivity index (χ1v) is 9.95. The number of aromatic nitrogens is 2. The monoisotopic (exact) mass is 425 g/mol.